The molecule has 3 saturated carbocycles. The average molecular weight is 359 g/mol. The summed E-state index contributed by atoms with van der Waals surface area (Å²) in [5.74, 6) is 4.33. The van der Waals surface area contributed by atoms with Gasteiger partial charge in [0.25, 0.3) is 0 Å². The number of carbonyl (C=O) groups is 2. The van der Waals surface area contributed by atoms with Crippen LogP contribution in [0.5, 0.6) is 0 Å². The molecule has 0 aliphatic heterocycles. The number of allylic oxidation sites excluding steroid dienone is 2. The van der Waals surface area contributed by atoms with Gasteiger partial charge in [0, 0.05) is 19.3 Å². The number of esters is 1. The summed E-state index contributed by atoms with van der Waals surface area (Å²) in [4.78, 5) is 23.6. The molecule has 144 valence electrons. The molecular formula is C23H34O3. The van der Waals surface area contributed by atoms with Crippen LogP contribution in [0.25, 0.3) is 0 Å². The van der Waals surface area contributed by atoms with E-state index in [1.165, 1.54) is 39.0 Å². The van der Waals surface area contributed by atoms with Crippen LogP contribution in [-0.2, 0) is 14.3 Å². The lowest BCUT2D eigenvalue weighted by molar-refractivity contribution is -0.140. The fourth-order valence-electron chi connectivity index (χ4n) is 7.78. The Morgan fingerprint density at radius 1 is 1.00 bits per heavy atom. The molecule has 0 saturated heterocycles. The van der Waals surface area contributed by atoms with Crippen molar-refractivity contribution in [2.75, 3.05) is 0 Å². The summed E-state index contributed by atoms with van der Waals surface area (Å²) in [6.07, 6.45) is 11.5. The second-order valence-electron chi connectivity index (χ2n) is 10.1. The van der Waals surface area contributed by atoms with E-state index in [0.717, 1.165) is 42.8 Å². The molecular weight excluding hydrogens is 324 g/mol. The lowest BCUT2D eigenvalue weighted by Gasteiger charge is -2.59. The van der Waals surface area contributed by atoms with Crippen molar-refractivity contribution in [3.8, 4) is 0 Å². The van der Waals surface area contributed by atoms with Crippen LogP contribution >= 0.6 is 0 Å². The molecule has 0 unspecified atom stereocenters. The van der Waals surface area contributed by atoms with E-state index in [2.05, 4.69) is 19.9 Å². The molecule has 0 aromatic heterocycles. The molecule has 3 fully saturated rings. The van der Waals surface area contributed by atoms with E-state index >= 15 is 0 Å². The van der Waals surface area contributed by atoms with Gasteiger partial charge < -0.3 is 4.74 Å². The molecule has 0 spiro atoms. The van der Waals surface area contributed by atoms with E-state index < -0.39 is 0 Å². The van der Waals surface area contributed by atoms with Crippen LogP contribution in [0.1, 0.15) is 79.1 Å². The zero-order chi connectivity index (χ0) is 18.7. The smallest absolute Gasteiger partial charge is 0.307 e. The van der Waals surface area contributed by atoms with Crippen LogP contribution in [-0.4, -0.2) is 11.8 Å². The van der Waals surface area contributed by atoms with Gasteiger partial charge in [0.15, 0.2) is 0 Å². The molecule has 0 N–H and O–H groups in total. The summed E-state index contributed by atoms with van der Waals surface area (Å²) in [6, 6.07) is 0. The van der Waals surface area contributed by atoms with Crippen molar-refractivity contribution in [2.24, 2.45) is 40.4 Å². The quantitative estimate of drug-likeness (QED) is 0.630. The highest BCUT2D eigenvalue weighted by Gasteiger charge is 2.60. The van der Waals surface area contributed by atoms with Gasteiger partial charge in [0.2, 0.25) is 0 Å². The van der Waals surface area contributed by atoms with Crippen molar-refractivity contribution in [1.82, 2.24) is 0 Å². The maximum Gasteiger partial charge on any atom is 0.307 e. The Labute approximate surface area is 157 Å². The van der Waals surface area contributed by atoms with E-state index in [-0.39, 0.29) is 11.4 Å². The molecule has 4 rings (SSSR count). The average Bonchev–Trinajstić information content (AvgIpc) is 2.92. The molecule has 3 nitrogen and oxygen atoms in total. The van der Waals surface area contributed by atoms with Gasteiger partial charge in [-0.3, -0.25) is 9.59 Å². The number of ketones is 1. The second kappa shape index (κ2) is 6.21. The summed E-state index contributed by atoms with van der Waals surface area (Å²) in [7, 11) is 0. The van der Waals surface area contributed by atoms with Crippen LogP contribution in [0, 0.1) is 40.4 Å². The zero-order valence-electron chi connectivity index (χ0n) is 16.8. The third kappa shape index (κ3) is 2.60. The molecule has 0 radical (unpaired) electrons. The van der Waals surface area contributed by atoms with Crippen LogP contribution in [0.4, 0.5) is 0 Å². The van der Waals surface area contributed by atoms with Gasteiger partial charge in [0.1, 0.15) is 11.5 Å². The van der Waals surface area contributed by atoms with Gasteiger partial charge in [-0.25, -0.2) is 0 Å². The summed E-state index contributed by atoms with van der Waals surface area (Å²) in [5, 5.41) is 0. The lowest BCUT2D eigenvalue weighted by Crippen LogP contribution is -2.53. The fourth-order valence-corrected chi connectivity index (χ4v) is 7.78. The third-order valence-electron chi connectivity index (χ3n) is 9.05. The largest absolute Gasteiger partial charge is 0.432 e. The van der Waals surface area contributed by atoms with Crippen LogP contribution in [0.15, 0.2) is 11.8 Å². The molecule has 26 heavy (non-hydrogen) atoms. The molecule has 4 aliphatic carbocycles. The first kappa shape index (κ1) is 18.3. The molecule has 3 heteroatoms. The Morgan fingerprint density at radius 3 is 2.42 bits per heavy atom. The summed E-state index contributed by atoms with van der Waals surface area (Å²) < 4.78 is 5.43. The predicted molar refractivity (Wildman–Crippen MR) is 101 cm³/mol. The Hall–Kier alpha value is -1.12. The standard InChI is InChI=1S/C23H34O3/c1-14(24)19-7-8-20-18-6-5-16-13-17(26-15(2)25)9-11-22(16,3)21(18)10-12-23(19,20)4/h9,16,18-21H,5-8,10-13H2,1-4H3/t16-,18-,19+,20-,21-,22-,23+/m0/s1. The molecule has 0 bridgehead atoms. The van der Waals surface area contributed by atoms with Gasteiger partial charge in [-0.15, -0.1) is 0 Å². The van der Waals surface area contributed by atoms with E-state index in [1.54, 1.807) is 0 Å². The first-order valence-electron chi connectivity index (χ1n) is 10.6. The van der Waals surface area contributed by atoms with Crippen molar-refractivity contribution >= 4 is 11.8 Å². The highest BCUT2D eigenvalue weighted by Crippen LogP contribution is 2.67. The van der Waals surface area contributed by atoms with Gasteiger partial charge >= 0.3 is 5.97 Å². The molecule has 7 atom stereocenters. The van der Waals surface area contributed by atoms with Crippen LogP contribution in [0.3, 0.4) is 0 Å². The molecule has 0 aromatic carbocycles. The van der Waals surface area contributed by atoms with E-state index in [0.29, 0.717) is 23.0 Å². The SMILES string of the molecule is CC(=O)OC1=CC[C@@]2(C)[C@@H](CC[C@@H]3[C@@H]2CC[C@]2(C)[C@@H](C(C)=O)CC[C@@H]32)C1. The number of rotatable bonds is 2. The number of Topliss-reactive ketones (excluding diaryl/α,β-unsaturated/α-hetero) is 1. The fraction of sp³-hybridized carbons (Fsp3) is 0.826. The molecule has 0 heterocycles. The zero-order valence-corrected chi connectivity index (χ0v) is 16.8. The highest BCUT2D eigenvalue weighted by atomic mass is 16.5. The minimum Gasteiger partial charge on any atom is -0.432 e. The van der Waals surface area contributed by atoms with Crippen LogP contribution < -0.4 is 0 Å². The minimum atomic E-state index is -0.191. The summed E-state index contributed by atoms with van der Waals surface area (Å²) >= 11 is 0. The van der Waals surface area contributed by atoms with E-state index in [9.17, 15) is 9.59 Å². The Kier molecular flexibility index (Phi) is 4.36. The van der Waals surface area contributed by atoms with Crippen molar-refractivity contribution < 1.29 is 14.3 Å². The van der Waals surface area contributed by atoms with Gasteiger partial charge in [-0.05, 0) is 92.4 Å². The molecule has 0 amide bonds. The summed E-state index contributed by atoms with van der Waals surface area (Å²) in [5.41, 5.74) is 0.575. The molecule has 4 aliphatic rings. The summed E-state index contributed by atoms with van der Waals surface area (Å²) in [6.45, 7) is 8.22. The first-order valence-corrected chi connectivity index (χ1v) is 10.6. The van der Waals surface area contributed by atoms with Gasteiger partial charge in [0.05, 0.1) is 0 Å². The number of hydrogen-bond acceptors (Lipinski definition) is 3. The van der Waals surface area contributed by atoms with Crippen molar-refractivity contribution in [2.45, 2.75) is 79.1 Å². The van der Waals surface area contributed by atoms with Crippen molar-refractivity contribution in [3.63, 3.8) is 0 Å². The normalized spacial score (nSPS) is 47.2. The number of hydrogen-bond donors (Lipinski definition) is 0. The Balaban J connectivity index is 1.58. The Morgan fingerprint density at radius 2 is 1.73 bits per heavy atom. The lowest BCUT2D eigenvalue weighted by atomic mass is 9.45. The van der Waals surface area contributed by atoms with Gasteiger partial charge in [-0.1, -0.05) is 13.8 Å². The van der Waals surface area contributed by atoms with E-state index in [1.807, 2.05) is 6.92 Å². The Bertz CT molecular complexity index is 650. The van der Waals surface area contributed by atoms with Gasteiger partial charge in [-0.2, -0.15) is 0 Å². The monoisotopic (exact) mass is 358 g/mol. The highest BCUT2D eigenvalue weighted by molar-refractivity contribution is 5.79. The molecule has 0 aromatic rings. The number of fused-ring (bicyclic) bond motifs is 5. The topological polar surface area (TPSA) is 43.4 Å². The first-order chi connectivity index (χ1) is 12.3. The maximum absolute atomic E-state index is 12.2. The van der Waals surface area contributed by atoms with Crippen LogP contribution in [0.2, 0.25) is 0 Å². The second-order valence-corrected chi connectivity index (χ2v) is 10.1. The maximum atomic E-state index is 12.2. The predicted octanol–water partition coefficient (Wildman–Crippen LogP) is 5.29. The van der Waals surface area contributed by atoms with Crippen molar-refractivity contribution in [1.29, 1.82) is 0 Å². The number of ether oxygens (including phenoxy) is 1. The van der Waals surface area contributed by atoms with Crippen molar-refractivity contribution in [3.05, 3.63) is 11.8 Å². The number of carbonyl (C=O) groups excluding carboxylic acids is 2. The minimum absolute atomic E-state index is 0.191. The van der Waals surface area contributed by atoms with E-state index in [4.69, 9.17) is 4.74 Å². The third-order valence-corrected chi connectivity index (χ3v) is 9.05.